The standard InChI is InChI=1S/C12H17N5/c1-4-10-11(7-17(3)16-10)15-12-6-5-9(13)8(2)14-12/h5-7H,4,13H2,1-3H3,(H,14,15). The highest BCUT2D eigenvalue weighted by Gasteiger charge is 2.07. The third-order valence-corrected chi connectivity index (χ3v) is 2.63. The normalized spacial score (nSPS) is 10.5. The van der Waals surface area contributed by atoms with Crippen molar-refractivity contribution in [2.75, 3.05) is 11.1 Å². The lowest BCUT2D eigenvalue weighted by molar-refractivity contribution is 0.746. The van der Waals surface area contributed by atoms with E-state index in [0.29, 0.717) is 5.69 Å². The molecule has 0 aliphatic heterocycles. The minimum Gasteiger partial charge on any atom is -0.397 e. The zero-order valence-electron chi connectivity index (χ0n) is 10.4. The lowest BCUT2D eigenvalue weighted by Gasteiger charge is -2.06. The molecule has 17 heavy (non-hydrogen) atoms. The van der Waals surface area contributed by atoms with E-state index in [2.05, 4.69) is 22.3 Å². The summed E-state index contributed by atoms with van der Waals surface area (Å²) in [4.78, 5) is 4.38. The largest absolute Gasteiger partial charge is 0.397 e. The van der Waals surface area contributed by atoms with Gasteiger partial charge in [-0.2, -0.15) is 5.10 Å². The molecule has 0 spiro atoms. The first-order chi connectivity index (χ1) is 8.10. The Morgan fingerprint density at radius 2 is 2.18 bits per heavy atom. The van der Waals surface area contributed by atoms with Gasteiger partial charge < -0.3 is 11.1 Å². The second-order valence-corrected chi connectivity index (χ2v) is 4.01. The number of rotatable bonds is 3. The van der Waals surface area contributed by atoms with Crippen molar-refractivity contribution in [3.8, 4) is 0 Å². The molecule has 0 saturated carbocycles. The number of hydrogen-bond donors (Lipinski definition) is 2. The number of hydrogen-bond acceptors (Lipinski definition) is 4. The minimum absolute atomic E-state index is 0.706. The third kappa shape index (κ3) is 2.38. The molecule has 0 radical (unpaired) electrons. The molecule has 0 aromatic carbocycles. The van der Waals surface area contributed by atoms with Crippen LogP contribution in [-0.4, -0.2) is 14.8 Å². The Balaban J connectivity index is 2.27. The molecule has 0 atom stereocenters. The van der Waals surface area contributed by atoms with Crippen molar-refractivity contribution in [3.05, 3.63) is 29.7 Å². The zero-order valence-corrected chi connectivity index (χ0v) is 10.4. The van der Waals surface area contributed by atoms with Crippen LogP contribution in [0.2, 0.25) is 0 Å². The minimum atomic E-state index is 0.706. The van der Waals surface area contributed by atoms with Crippen molar-refractivity contribution < 1.29 is 0 Å². The van der Waals surface area contributed by atoms with E-state index < -0.39 is 0 Å². The Bertz CT molecular complexity index is 530. The quantitative estimate of drug-likeness (QED) is 0.847. The lowest BCUT2D eigenvalue weighted by atomic mass is 10.3. The molecule has 0 saturated heterocycles. The van der Waals surface area contributed by atoms with Gasteiger partial charge in [-0.1, -0.05) is 6.92 Å². The number of pyridine rings is 1. The summed E-state index contributed by atoms with van der Waals surface area (Å²) in [5.74, 6) is 0.791. The summed E-state index contributed by atoms with van der Waals surface area (Å²) >= 11 is 0. The molecule has 3 N–H and O–H groups in total. The molecule has 0 aliphatic carbocycles. The Hall–Kier alpha value is -2.04. The van der Waals surface area contributed by atoms with E-state index in [-0.39, 0.29) is 0 Å². The van der Waals surface area contributed by atoms with Crippen LogP contribution in [0.15, 0.2) is 18.3 Å². The van der Waals surface area contributed by atoms with Gasteiger partial charge in [0.15, 0.2) is 0 Å². The highest BCUT2D eigenvalue weighted by Crippen LogP contribution is 2.20. The smallest absolute Gasteiger partial charge is 0.130 e. The molecule has 0 unspecified atom stereocenters. The summed E-state index contributed by atoms with van der Waals surface area (Å²) in [6, 6.07) is 3.72. The van der Waals surface area contributed by atoms with Gasteiger partial charge in [-0.05, 0) is 25.5 Å². The van der Waals surface area contributed by atoms with Crippen molar-refractivity contribution >= 4 is 17.2 Å². The molecule has 2 heterocycles. The third-order valence-electron chi connectivity index (χ3n) is 2.63. The van der Waals surface area contributed by atoms with E-state index in [9.17, 15) is 0 Å². The van der Waals surface area contributed by atoms with Crippen LogP contribution in [0.25, 0.3) is 0 Å². The maximum absolute atomic E-state index is 5.74. The van der Waals surface area contributed by atoms with Crippen LogP contribution in [0.5, 0.6) is 0 Å². The second-order valence-electron chi connectivity index (χ2n) is 4.01. The Kier molecular flexibility index (Phi) is 2.99. The van der Waals surface area contributed by atoms with Crippen LogP contribution in [0.3, 0.4) is 0 Å². The molecule has 0 amide bonds. The summed E-state index contributed by atoms with van der Waals surface area (Å²) < 4.78 is 1.80. The fraction of sp³-hybridized carbons (Fsp3) is 0.333. The molecular weight excluding hydrogens is 214 g/mol. The fourth-order valence-corrected chi connectivity index (χ4v) is 1.68. The predicted molar refractivity (Wildman–Crippen MR) is 69.3 cm³/mol. The summed E-state index contributed by atoms with van der Waals surface area (Å²) in [5.41, 5.74) is 9.30. The van der Waals surface area contributed by atoms with Gasteiger partial charge >= 0.3 is 0 Å². The molecule has 2 rings (SSSR count). The molecule has 0 fully saturated rings. The van der Waals surface area contributed by atoms with E-state index in [0.717, 1.165) is 29.3 Å². The first-order valence-corrected chi connectivity index (χ1v) is 5.62. The van der Waals surface area contributed by atoms with Gasteiger partial charge in [-0.3, -0.25) is 4.68 Å². The number of nitrogens with two attached hydrogens (primary N) is 1. The van der Waals surface area contributed by atoms with Crippen LogP contribution in [-0.2, 0) is 13.5 Å². The number of nitrogen functional groups attached to an aromatic ring is 1. The number of anilines is 3. The Morgan fingerprint density at radius 3 is 2.82 bits per heavy atom. The molecule has 2 aromatic heterocycles. The summed E-state index contributed by atoms with van der Waals surface area (Å²) in [6.07, 6.45) is 2.84. The van der Waals surface area contributed by atoms with Crippen molar-refractivity contribution in [2.45, 2.75) is 20.3 Å². The zero-order chi connectivity index (χ0) is 12.4. The van der Waals surface area contributed by atoms with Gasteiger partial charge in [0.2, 0.25) is 0 Å². The van der Waals surface area contributed by atoms with Crippen LogP contribution in [0, 0.1) is 6.92 Å². The molecule has 2 aromatic rings. The molecule has 0 aliphatic rings. The molecular formula is C12H17N5. The highest BCUT2D eigenvalue weighted by molar-refractivity contribution is 5.60. The summed E-state index contributed by atoms with van der Waals surface area (Å²) in [5, 5.41) is 7.63. The van der Waals surface area contributed by atoms with Crippen LogP contribution in [0.1, 0.15) is 18.3 Å². The first-order valence-electron chi connectivity index (χ1n) is 5.62. The van der Waals surface area contributed by atoms with Crippen molar-refractivity contribution in [1.82, 2.24) is 14.8 Å². The molecule has 0 bridgehead atoms. The van der Waals surface area contributed by atoms with E-state index in [1.807, 2.05) is 32.3 Å². The van der Waals surface area contributed by atoms with Crippen molar-refractivity contribution in [1.29, 1.82) is 0 Å². The number of aryl methyl sites for hydroxylation is 3. The second kappa shape index (κ2) is 4.45. The fourth-order valence-electron chi connectivity index (χ4n) is 1.68. The van der Waals surface area contributed by atoms with E-state index >= 15 is 0 Å². The number of nitrogens with one attached hydrogen (secondary N) is 1. The summed E-state index contributed by atoms with van der Waals surface area (Å²) in [6.45, 7) is 3.97. The molecule has 5 nitrogen and oxygen atoms in total. The average molecular weight is 231 g/mol. The lowest BCUT2D eigenvalue weighted by Crippen LogP contribution is -1.99. The average Bonchev–Trinajstić information content (AvgIpc) is 2.64. The highest BCUT2D eigenvalue weighted by atomic mass is 15.3. The van der Waals surface area contributed by atoms with Gasteiger partial charge in [0, 0.05) is 13.2 Å². The van der Waals surface area contributed by atoms with Gasteiger partial charge in [-0.25, -0.2) is 4.98 Å². The van der Waals surface area contributed by atoms with Crippen molar-refractivity contribution in [2.24, 2.45) is 7.05 Å². The number of nitrogens with zero attached hydrogens (tertiary/aromatic N) is 3. The van der Waals surface area contributed by atoms with Crippen LogP contribution < -0.4 is 11.1 Å². The topological polar surface area (TPSA) is 68.8 Å². The predicted octanol–water partition coefficient (Wildman–Crippen LogP) is 2.01. The molecule has 90 valence electrons. The maximum atomic E-state index is 5.74. The van der Waals surface area contributed by atoms with Crippen LogP contribution in [0.4, 0.5) is 17.2 Å². The van der Waals surface area contributed by atoms with Gasteiger partial charge in [0.05, 0.1) is 22.8 Å². The van der Waals surface area contributed by atoms with Gasteiger partial charge in [0.25, 0.3) is 0 Å². The van der Waals surface area contributed by atoms with E-state index in [1.54, 1.807) is 4.68 Å². The van der Waals surface area contributed by atoms with Gasteiger partial charge in [0.1, 0.15) is 5.82 Å². The Labute approximate surface area is 101 Å². The van der Waals surface area contributed by atoms with Crippen LogP contribution >= 0.6 is 0 Å². The monoisotopic (exact) mass is 231 g/mol. The Morgan fingerprint density at radius 1 is 1.41 bits per heavy atom. The maximum Gasteiger partial charge on any atom is 0.130 e. The summed E-state index contributed by atoms with van der Waals surface area (Å²) in [7, 11) is 1.91. The van der Waals surface area contributed by atoms with E-state index in [4.69, 9.17) is 5.73 Å². The number of aromatic nitrogens is 3. The van der Waals surface area contributed by atoms with Gasteiger partial charge in [-0.15, -0.1) is 0 Å². The first kappa shape index (κ1) is 11.4. The SMILES string of the molecule is CCc1nn(C)cc1Nc1ccc(N)c(C)n1. The van der Waals surface area contributed by atoms with E-state index in [1.165, 1.54) is 0 Å². The molecule has 5 heteroatoms. The van der Waals surface area contributed by atoms with Crippen molar-refractivity contribution in [3.63, 3.8) is 0 Å².